The van der Waals surface area contributed by atoms with E-state index in [1.807, 2.05) is 0 Å². The zero-order valence-corrected chi connectivity index (χ0v) is 21.7. The first-order chi connectivity index (χ1) is 16.2. The normalized spacial score (nSPS) is 16.1. The molecule has 0 N–H and O–H groups in total. The number of hydrogen-bond acceptors (Lipinski definition) is 2. The Morgan fingerprint density at radius 3 is 1.91 bits per heavy atom. The lowest BCUT2D eigenvalue weighted by atomic mass is 9.97. The van der Waals surface area contributed by atoms with E-state index >= 15 is 0 Å². The molecule has 174 valence electrons. The van der Waals surface area contributed by atoms with Gasteiger partial charge in [0.05, 0.1) is 19.5 Å². The Labute approximate surface area is 220 Å². The summed E-state index contributed by atoms with van der Waals surface area (Å²) in [6, 6.07) is 19.7. The van der Waals surface area contributed by atoms with Crippen LogP contribution in [0.25, 0.3) is 0 Å². The van der Waals surface area contributed by atoms with Gasteiger partial charge in [-0.1, -0.05) is 35.3 Å². The van der Waals surface area contributed by atoms with Crippen LogP contribution in [0.5, 0.6) is 11.5 Å². The first-order valence-electron chi connectivity index (χ1n) is 9.68. The van der Waals surface area contributed by atoms with Crippen molar-refractivity contribution in [1.29, 1.82) is 0 Å². The number of rotatable bonds is 2. The summed E-state index contributed by atoms with van der Waals surface area (Å²) >= 11 is 18.5. The van der Waals surface area contributed by atoms with Crippen molar-refractivity contribution in [3.63, 3.8) is 0 Å². The second-order valence-corrected chi connectivity index (χ2v) is 9.63. The summed E-state index contributed by atoms with van der Waals surface area (Å²) in [5, 5.41) is 0.742. The number of fused-ring (bicyclic) bond motifs is 1. The molecular formula is C25H13Br2Cl2F3O2. The Kier molecular flexibility index (Phi) is 7.48. The van der Waals surface area contributed by atoms with Crippen LogP contribution < -0.4 is 9.47 Å². The zero-order chi connectivity index (χ0) is 24.5. The van der Waals surface area contributed by atoms with E-state index in [-0.39, 0.29) is 16.0 Å². The molecule has 0 aromatic heterocycles. The summed E-state index contributed by atoms with van der Waals surface area (Å²) in [5.74, 6) is -2.08. The van der Waals surface area contributed by atoms with Crippen LogP contribution in [0.3, 0.4) is 0 Å². The Hall–Kier alpha value is -2.19. The Morgan fingerprint density at radius 2 is 1.32 bits per heavy atom. The zero-order valence-electron chi connectivity index (χ0n) is 17.0. The molecule has 0 amide bonds. The standard InChI is InChI=1S/C19H9BrCl2F2O2.C6H4BrF/c20-14-8-17-18(9-16(14)24)26-19(25-17,10-1-4-12(23)5-2-10)13-6-3-11(21)7-15(13)22;7-5-3-1-2-4-6(5)8/h1-9H;1-4H. The third-order valence-corrected chi connectivity index (χ3v) is 6.63. The summed E-state index contributed by atoms with van der Waals surface area (Å²) < 4.78 is 52.5. The van der Waals surface area contributed by atoms with Crippen LogP contribution in [0.4, 0.5) is 13.2 Å². The molecule has 1 unspecified atom stereocenters. The molecule has 4 aromatic carbocycles. The molecule has 9 heteroatoms. The van der Waals surface area contributed by atoms with Gasteiger partial charge in [0.2, 0.25) is 0 Å². The van der Waals surface area contributed by atoms with E-state index in [9.17, 15) is 13.2 Å². The van der Waals surface area contributed by atoms with Gasteiger partial charge in [0.25, 0.3) is 0 Å². The SMILES string of the molecule is Fc1ccc(C2(c3ccc(Cl)cc3Cl)Oc3cc(F)c(Br)cc3O2)cc1.Fc1ccccc1Br. The molecule has 0 aliphatic carbocycles. The van der Waals surface area contributed by atoms with E-state index in [1.54, 1.807) is 36.4 Å². The van der Waals surface area contributed by atoms with Crippen molar-refractivity contribution in [3.8, 4) is 11.5 Å². The fraction of sp³-hybridized carbons (Fsp3) is 0.0400. The molecule has 0 saturated heterocycles. The highest BCUT2D eigenvalue weighted by Gasteiger charge is 2.47. The van der Waals surface area contributed by atoms with Gasteiger partial charge in [-0.05, 0) is 86.5 Å². The second-order valence-electron chi connectivity index (χ2n) is 7.08. The van der Waals surface area contributed by atoms with Crippen molar-refractivity contribution >= 4 is 55.1 Å². The monoisotopic (exact) mass is 630 g/mol. The highest BCUT2D eigenvalue weighted by molar-refractivity contribution is 9.10. The first kappa shape index (κ1) is 24.9. The molecule has 0 spiro atoms. The molecule has 4 aromatic rings. The second kappa shape index (κ2) is 10.2. The van der Waals surface area contributed by atoms with Crippen molar-refractivity contribution in [2.24, 2.45) is 0 Å². The van der Waals surface area contributed by atoms with Gasteiger partial charge in [0, 0.05) is 22.7 Å². The number of hydrogen-bond donors (Lipinski definition) is 0. The van der Waals surface area contributed by atoms with Crippen LogP contribution in [0.1, 0.15) is 11.1 Å². The highest BCUT2D eigenvalue weighted by atomic mass is 79.9. The van der Waals surface area contributed by atoms with Crippen LogP contribution in [0, 0.1) is 17.5 Å². The summed E-state index contributed by atoms with van der Waals surface area (Å²) in [4.78, 5) is 0. The Morgan fingerprint density at radius 1 is 0.676 bits per heavy atom. The molecule has 1 heterocycles. The van der Waals surface area contributed by atoms with Gasteiger partial charge >= 0.3 is 5.79 Å². The predicted molar refractivity (Wildman–Crippen MR) is 133 cm³/mol. The Bertz CT molecular complexity index is 1300. The Balaban J connectivity index is 0.000000291. The molecule has 5 rings (SSSR count). The molecule has 1 atom stereocenters. The van der Waals surface area contributed by atoms with Gasteiger partial charge in [-0.3, -0.25) is 0 Å². The average molecular weight is 633 g/mol. The molecular weight excluding hydrogens is 620 g/mol. The lowest BCUT2D eigenvalue weighted by Crippen LogP contribution is -2.37. The summed E-state index contributed by atoms with van der Waals surface area (Å²) in [6.07, 6.45) is 0. The van der Waals surface area contributed by atoms with Gasteiger partial charge in [0.1, 0.15) is 17.5 Å². The van der Waals surface area contributed by atoms with Crippen LogP contribution in [-0.4, -0.2) is 0 Å². The average Bonchev–Trinajstić information content (AvgIpc) is 3.16. The molecule has 0 fully saturated rings. The van der Waals surface area contributed by atoms with Crippen molar-refractivity contribution < 1.29 is 22.6 Å². The van der Waals surface area contributed by atoms with E-state index in [4.69, 9.17) is 32.7 Å². The minimum Gasteiger partial charge on any atom is -0.440 e. The molecule has 2 nitrogen and oxygen atoms in total. The number of benzene rings is 4. The largest absolute Gasteiger partial charge is 0.440 e. The minimum absolute atomic E-state index is 0.209. The quantitative estimate of drug-likeness (QED) is 0.219. The minimum atomic E-state index is -1.50. The third kappa shape index (κ3) is 5.08. The van der Waals surface area contributed by atoms with E-state index in [0.717, 1.165) is 0 Å². The maximum Gasteiger partial charge on any atom is 0.307 e. The number of halogens is 7. The van der Waals surface area contributed by atoms with Gasteiger partial charge in [-0.15, -0.1) is 0 Å². The van der Waals surface area contributed by atoms with E-state index in [0.29, 0.717) is 31.4 Å². The molecule has 34 heavy (non-hydrogen) atoms. The molecule has 0 saturated carbocycles. The maximum absolute atomic E-state index is 13.9. The van der Waals surface area contributed by atoms with Crippen molar-refractivity contribution in [2.45, 2.75) is 5.79 Å². The molecule has 1 aliphatic heterocycles. The van der Waals surface area contributed by atoms with Gasteiger partial charge in [0.15, 0.2) is 11.5 Å². The van der Waals surface area contributed by atoms with Gasteiger partial charge in [-0.25, -0.2) is 13.2 Å². The number of ether oxygens (including phenoxy) is 2. The maximum atomic E-state index is 13.9. The summed E-state index contributed by atoms with van der Waals surface area (Å²) in [5.41, 5.74) is 0.957. The first-order valence-corrected chi connectivity index (χ1v) is 12.0. The fourth-order valence-electron chi connectivity index (χ4n) is 3.25. The van der Waals surface area contributed by atoms with Crippen molar-refractivity contribution in [1.82, 2.24) is 0 Å². The van der Waals surface area contributed by atoms with E-state index < -0.39 is 17.4 Å². The van der Waals surface area contributed by atoms with Crippen molar-refractivity contribution in [3.05, 3.63) is 126 Å². The van der Waals surface area contributed by atoms with Crippen LogP contribution in [-0.2, 0) is 5.79 Å². The van der Waals surface area contributed by atoms with E-state index in [2.05, 4.69) is 31.9 Å². The smallest absolute Gasteiger partial charge is 0.307 e. The molecule has 1 aliphatic rings. The van der Waals surface area contributed by atoms with Crippen LogP contribution in [0.2, 0.25) is 10.0 Å². The van der Waals surface area contributed by atoms with Crippen molar-refractivity contribution in [2.75, 3.05) is 0 Å². The summed E-state index contributed by atoms with van der Waals surface area (Å²) in [7, 11) is 0. The molecule has 0 bridgehead atoms. The third-order valence-electron chi connectivity index (χ3n) is 4.83. The van der Waals surface area contributed by atoms with Crippen LogP contribution >= 0.6 is 55.1 Å². The predicted octanol–water partition coefficient (Wildman–Crippen LogP) is 9.29. The molecule has 0 radical (unpaired) electrons. The lowest BCUT2D eigenvalue weighted by Gasteiger charge is -2.29. The highest BCUT2D eigenvalue weighted by Crippen LogP contribution is 2.50. The van der Waals surface area contributed by atoms with Gasteiger partial charge in [-0.2, -0.15) is 0 Å². The van der Waals surface area contributed by atoms with Gasteiger partial charge < -0.3 is 9.47 Å². The topological polar surface area (TPSA) is 18.5 Å². The lowest BCUT2D eigenvalue weighted by molar-refractivity contribution is -0.0459. The fourth-order valence-corrected chi connectivity index (χ4v) is 4.39. The summed E-state index contributed by atoms with van der Waals surface area (Å²) in [6.45, 7) is 0. The van der Waals surface area contributed by atoms with Crippen LogP contribution in [0.15, 0.2) is 87.8 Å². The van der Waals surface area contributed by atoms with E-state index in [1.165, 1.54) is 42.5 Å².